The van der Waals surface area contributed by atoms with Crippen LogP contribution in [0.15, 0.2) is 17.6 Å². The number of nitrogens with zero attached hydrogens (tertiary/aromatic N) is 1. The van der Waals surface area contributed by atoms with Crippen molar-refractivity contribution in [2.75, 3.05) is 7.11 Å². The molecule has 16 heavy (non-hydrogen) atoms. The third-order valence-electron chi connectivity index (χ3n) is 2.62. The topological polar surface area (TPSA) is 22.1 Å². The molecule has 0 radical (unpaired) electrons. The molecule has 0 saturated carbocycles. The van der Waals surface area contributed by atoms with Gasteiger partial charge in [0.05, 0.1) is 18.3 Å². The first-order chi connectivity index (χ1) is 7.63. The SMILES string of the molecule is COc1c(C)cc(C)cc1-c1ncsc1C. The Morgan fingerprint density at radius 1 is 1.19 bits per heavy atom. The zero-order chi connectivity index (χ0) is 11.7. The van der Waals surface area contributed by atoms with Gasteiger partial charge < -0.3 is 4.74 Å². The lowest BCUT2D eigenvalue weighted by atomic mass is 10.0. The van der Waals surface area contributed by atoms with E-state index in [1.165, 1.54) is 10.4 Å². The van der Waals surface area contributed by atoms with E-state index in [2.05, 4.69) is 37.9 Å². The fourth-order valence-electron chi connectivity index (χ4n) is 1.97. The van der Waals surface area contributed by atoms with Crippen LogP contribution < -0.4 is 4.74 Å². The highest BCUT2D eigenvalue weighted by Gasteiger charge is 2.13. The van der Waals surface area contributed by atoms with Gasteiger partial charge in [0.1, 0.15) is 5.75 Å². The Hall–Kier alpha value is -1.35. The van der Waals surface area contributed by atoms with E-state index in [9.17, 15) is 0 Å². The Morgan fingerprint density at radius 2 is 1.94 bits per heavy atom. The van der Waals surface area contributed by atoms with E-state index in [1.807, 2.05) is 5.51 Å². The summed E-state index contributed by atoms with van der Waals surface area (Å²) in [6, 6.07) is 4.26. The van der Waals surface area contributed by atoms with Crippen LogP contribution in [0.1, 0.15) is 16.0 Å². The maximum Gasteiger partial charge on any atom is 0.131 e. The van der Waals surface area contributed by atoms with E-state index in [4.69, 9.17) is 4.74 Å². The summed E-state index contributed by atoms with van der Waals surface area (Å²) in [6.07, 6.45) is 0. The second-order valence-electron chi connectivity index (χ2n) is 3.92. The Morgan fingerprint density at radius 3 is 2.50 bits per heavy atom. The molecule has 0 N–H and O–H groups in total. The highest BCUT2D eigenvalue weighted by molar-refractivity contribution is 7.10. The molecule has 0 spiro atoms. The lowest BCUT2D eigenvalue weighted by Gasteiger charge is -2.11. The molecule has 2 nitrogen and oxygen atoms in total. The molecule has 0 aliphatic heterocycles. The zero-order valence-electron chi connectivity index (χ0n) is 10.00. The smallest absolute Gasteiger partial charge is 0.131 e. The number of aryl methyl sites for hydroxylation is 3. The molecule has 1 aromatic carbocycles. The van der Waals surface area contributed by atoms with Gasteiger partial charge in [-0.3, -0.25) is 0 Å². The first-order valence-electron chi connectivity index (χ1n) is 5.19. The maximum atomic E-state index is 5.47. The highest BCUT2D eigenvalue weighted by atomic mass is 32.1. The minimum atomic E-state index is 0.930. The number of benzene rings is 1. The molecular formula is C13H15NOS. The van der Waals surface area contributed by atoms with Gasteiger partial charge in [-0.1, -0.05) is 6.07 Å². The van der Waals surface area contributed by atoms with Gasteiger partial charge in [-0.05, 0) is 38.0 Å². The molecule has 0 aliphatic carbocycles. The van der Waals surface area contributed by atoms with Gasteiger partial charge >= 0.3 is 0 Å². The fourth-order valence-corrected chi connectivity index (χ4v) is 2.56. The second-order valence-corrected chi connectivity index (χ2v) is 4.98. The summed E-state index contributed by atoms with van der Waals surface area (Å²) in [4.78, 5) is 5.64. The molecule has 3 heteroatoms. The van der Waals surface area contributed by atoms with Gasteiger partial charge in [0.15, 0.2) is 0 Å². The van der Waals surface area contributed by atoms with Crippen molar-refractivity contribution in [1.29, 1.82) is 0 Å². The van der Waals surface area contributed by atoms with Gasteiger partial charge in [-0.2, -0.15) is 0 Å². The van der Waals surface area contributed by atoms with Crippen LogP contribution in [0.25, 0.3) is 11.3 Å². The molecule has 0 atom stereocenters. The summed E-state index contributed by atoms with van der Waals surface area (Å²) in [7, 11) is 1.71. The molecule has 0 aliphatic rings. The number of thiazole rings is 1. The average Bonchev–Trinajstić information content (AvgIpc) is 2.63. The van der Waals surface area contributed by atoms with Crippen molar-refractivity contribution in [3.05, 3.63) is 33.6 Å². The zero-order valence-corrected chi connectivity index (χ0v) is 10.8. The first-order valence-corrected chi connectivity index (χ1v) is 6.07. The minimum absolute atomic E-state index is 0.930. The third-order valence-corrected chi connectivity index (χ3v) is 3.38. The monoisotopic (exact) mass is 233 g/mol. The van der Waals surface area contributed by atoms with E-state index in [0.717, 1.165) is 22.6 Å². The molecule has 1 heterocycles. The van der Waals surface area contributed by atoms with Crippen LogP contribution in [-0.4, -0.2) is 12.1 Å². The molecule has 2 rings (SSSR count). The van der Waals surface area contributed by atoms with Crippen molar-refractivity contribution >= 4 is 11.3 Å². The number of rotatable bonds is 2. The van der Waals surface area contributed by atoms with Gasteiger partial charge in [0, 0.05) is 10.4 Å². The van der Waals surface area contributed by atoms with Crippen molar-refractivity contribution in [3.8, 4) is 17.0 Å². The van der Waals surface area contributed by atoms with E-state index in [-0.39, 0.29) is 0 Å². The van der Waals surface area contributed by atoms with E-state index in [0.29, 0.717) is 0 Å². The van der Waals surface area contributed by atoms with Gasteiger partial charge in [-0.25, -0.2) is 4.98 Å². The number of ether oxygens (including phenoxy) is 1. The van der Waals surface area contributed by atoms with Gasteiger partial charge in [-0.15, -0.1) is 11.3 Å². The van der Waals surface area contributed by atoms with Crippen LogP contribution in [0.2, 0.25) is 0 Å². The molecule has 0 bridgehead atoms. The molecule has 84 valence electrons. The summed E-state index contributed by atoms with van der Waals surface area (Å²) >= 11 is 1.66. The number of hydrogen-bond donors (Lipinski definition) is 0. The molecule has 0 saturated heterocycles. The quantitative estimate of drug-likeness (QED) is 0.788. The molecular weight excluding hydrogens is 218 g/mol. The molecule has 0 amide bonds. The van der Waals surface area contributed by atoms with Gasteiger partial charge in [0.2, 0.25) is 0 Å². The summed E-state index contributed by atoms with van der Waals surface area (Å²) in [5, 5.41) is 0. The Labute approximate surface area is 99.9 Å². The van der Waals surface area contributed by atoms with Crippen LogP contribution >= 0.6 is 11.3 Å². The number of methoxy groups -OCH3 is 1. The predicted molar refractivity (Wildman–Crippen MR) is 68.3 cm³/mol. The van der Waals surface area contributed by atoms with Crippen molar-refractivity contribution in [1.82, 2.24) is 4.98 Å². The molecule has 0 unspecified atom stereocenters. The van der Waals surface area contributed by atoms with Crippen molar-refractivity contribution in [2.24, 2.45) is 0 Å². The van der Waals surface area contributed by atoms with Crippen LogP contribution in [0.5, 0.6) is 5.75 Å². The highest BCUT2D eigenvalue weighted by Crippen LogP contribution is 2.35. The first kappa shape index (κ1) is 11.1. The minimum Gasteiger partial charge on any atom is -0.496 e. The summed E-state index contributed by atoms with van der Waals surface area (Å²) in [5.74, 6) is 0.930. The number of aromatic nitrogens is 1. The Kier molecular flexibility index (Phi) is 2.97. The molecule has 0 fully saturated rings. The summed E-state index contributed by atoms with van der Waals surface area (Å²) < 4.78 is 5.47. The lowest BCUT2D eigenvalue weighted by molar-refractivity contribution is 0.413. The predicted octanol–water partition coefficient (Wildman–Crippen LogP) is 3.74. The normalized spacial score (nSPS) is 10.5. The molecule has 1 aromatic heterocycles. The average molecular weight is 233 g/mol. The summed E-state index contributed by atoms with van der Waals surface area (Å²) in [6.45, 7) is 6.25. The van der Waals surface area contributed by atoms with Crippen molar-refractivity contribution in [2.45, 2.75) is 20.8 Å². The Balaban J connectivity index is 2.68. The van der Waals surface area contributed by atoms with Crippen molar-refractivity contribution < 1.29 is 4.74 Å². The third kappa shape index (κ3) is 1.83. The van der Waals surface area contributed by atoms with E-state index >= 15 is 0 Å². The number of hydrogen-bond acceptors (Lipinski definition) is 3. The van der Waals surface area contributed by atoms with Crippen LogP contribution in [0, 0.1) is 20.8 Å². The van der Waals surface area contributed by atoms with Crippen LogP contribution in [-0.2, 0) is 0 Å². The second kappa shape index (κ2) is 4.26. The van der Waals surface area contributed by atoms with E-state index < -0.39 is 0 Å². The fraction of sp³-hybridized carbons (Fsp3) is 0.308. The molecule has 2 aromatic rings. The van der Waals surface area contributed by atoms with Crippen LogP contribution in [0.3, 0.4) is 0 Å². The Bertz CT molecular complexity index is 517. The lowest BCUT2D eigenvalue weighted by Crippen LogP contribution is -1.93. The standard InChI is InChI=1S/C13H15NOS/c1-8-5-9(2)13(15-4)11(6-8)12-10(3)16-7-14-12/h5-7H,1-4H3. The van der Waals surface area contributed by atoms with Gasteiger partial charge in [0.25, 0.3) is 0 Å². The van der Waals surface area contributed by atoms with E-state index in [1.54, 1.807) is 18.4 Å². The van der Waals surface area contributed by atoms with Crippen LogP contribution in [0.4, 0.5) is 0 Å². The summed E-state index contributed by atoms with van der Waals surface area (Å²) in [5.41, 5.74) is 6.40. The maximum absolute atomic E-state index is 5.47. The van der Waals surface area contributed by atoms with Crippen molar-refractivity contribution in [3.63, 3.8) is 0 Å². The largest absolute Gasteiger partial charge is 0.496 e.